The normalized spacial score (nSPS) is 47.7. The zero-order valence-corrected chi connectivity index (χ0v) is 8.57. The van der Waals surface area contributed by atoms with E-state index in [9.17, 15) is 9.59 Å². The molecule has 15 heavy (non-hydrogen) atoms. The lowest BCUT2D eigenvalue weighted by Crippen LogP contribution is -2.58. The van der Waals surface area contributed by atoms with E-state index in [2.05, 4.69) is 5.32 Å². The van der Waals surface area contributed by atoms with Crippen molar-refractivity contribution in [3.63, 3.8) is 0 Å². The number of hydrogen-bond donors (Lipinski definition) is 1. The van der Waals surface area contributed by atoms with Crippen molar-refractivity contribution in [3.05, 3.63) is 0 Å². The van der Waals surface area contributed by atoms with Gasteiger partial charge in [0.05, 0.1) is 5.54 Å². The van der Waals surface area contributed by atoms with Gasteiger partial charge in [0.15, 0.2) is 0 Å². The Morgan fingerprint density at radius 2 is 2.33 bits per heavy atom. The van der Waals surface area contributed by atoms with Crippen LogP contribution in [0.5, 0.6) is 0 Å². The smallest absolute Gasteiger partial charge is 0.407 e. The molecule has 82 valence electrons. The molecular weight excluding hydrogens is 194 g/mol. The van der Waals surface area contributed by atoms with Gasteiger partial charge in [-0.25, -0.2) is 4.79 Å². The van der Waals surface area contributed by atoms with Crippen LogP contribution in [-0.4, -0.2) is 24.5 Å². The molecule has 3 saturated carbocycles. The molecule has 4 rings (SSSR count). The summed E-state index contributed by atoms with van der Waals surface area (Å²) in [6.07, 6.45) is 4.92. The van der Waals surface area contributed by atoms with Gasteiger partial charge in [-0.1, -0.05) is 0 Å². The van der Waals surface area contributed by atoms with E-state index in [4.69, 9.17) is 4.74 Å². The highest BCUT2D eigenvalue weighted by atomic mass is 16.6. The number of aldehydes is 1. The average molecular weight is 209 g/mol. The molecule has 4 aliphatic rings. The topological polar surface area (TPSA) is 55.4 Å². The summed E-state index contributed by atoms with van der Waals surface area (Å²) in [5, 5.41) is 2.97. The van der Waals surface area contributed by atoms with Gasteiger partial charge in [0.2, 0.25) is 0 Å². The van der Waals surface area contributed by atoms with E-state index in [-0.39, 0.29) is 17.6 Å². The molecule has 2 bridgehead atoms. The maximum atomic E-state index is 11.1. The van der Waals surface area contributed by atoms with Crippen molar-refractivity contribution in [1.82, 2.24) is 5.32 Å². The summed E-state index contributed by atoms with van der Waals surface area (Å²) in [7, 11) is 0. The zero-order valence-electron chi connectivity index (χ0n) is 8.57. The van der Waals surface area contributed by atoms with Crippen LogP contribution < -0.4 is 5.32 Å². The first-order valence-corrected chi connectivity index (χ1v) is 5.64. The minimum atomic E-state index is -0.287. The maximum absolute atomic E-state index is 11.1. The lowest BCUT2D eigenvalue weighted by Gasteiger charge is -2.50. The molecule has 1 N–H and O–H groups in total. The van der Waals surface area contributed by atoms with E-state index in [1.54, 1.807) is 0 Å². The van der Waals surface area contributed by atoms with Crippen molar-refractivity contribution in [3.8, 4) is 0 Å². The Morgan fingerprint density at radius 3 is 2.87 bits per heavy atom. The number of cyclic esters (lactones) is 1. The minimum absolute atomic E-state index is 0.139. The number of amides is 1. The van der Waals surface area contributed by atoms with Crippen molar-refractivity contribution in [1.29, 1.82) is 0 Å². The van der Waals surface area contributed by atoms with Gasteiger partial charge in [-0.3, -0.25) is 0 Å². The first-order valence-electron chi connectivity index (χ1n) is 5.64. The van der Waals surface area contributed by atoms with Gasteiger partial charge >= 0.3 is 6.09 Å². The molecule has 1 spiro atoms. The quantitative estimate of drug-likeness (QED) is 0.658. The third-order valence-corrected chi connectivity index (χ3v) is 4.44. The summed E-state index contributed by atoms with van der Waals surface area (Å²) >= 11 is 0. The summed E-state index contributed by atoms with van der Waals surface area (Å²) in [5.41, 5.74) is -0.139. The van der Waals surface area contributed by atoms with Gasteiger partial charge in [0.25, 0.3) is 0 Å². The lowest BCUT2D eigenvalue weighted by atomic mass is 9.57. The molecule has 4 unspecified atom stereocenters. The number of rotatable bonds is 1. The van der Waals surface area contributed by atoms with Crippen LogP contribution >= 0.6 is 0 Å². The predicted molar refractivity (Wildman–Crippen MR) is 52.2 cm³/mol. The fraction of sp³-hybridized carbons (Fsp3) is 0.818. The third kappa shape index (κ3) is 1.20. The minimum Gasteiger partial charge on any atom is -0.447 e. The second-order valence-electron chi connectivity index (χ2n) is 5.13. The van der Waals surface area contributed by atoms with Crippen LogP contribution in [0.2, 0.25) is 0 Å². The molecule has 1 aliphatic heterocycles. The summed E-state index contributed by atoms with van der Waals surface area (Å²) in [6, 6.07) is 0. The van der Waals surface area contributed by atoms with E-state index >= 15 is 0 Å². The second kappa shape index (κ2) is 2.97. The molecule has 3 aliphatic carbocycles. The van der Waals surface area contributed by atoms with Crippen molar-refractivity contribution in [2.75, 3.05) is 6.61 Å². The molecule has 1 saturated heterocycles. The summed E-state index contributed by atoms with van der Waals surface area (Å²) < 4.78 is 5.03. The van der Waals surface area contributed by atoms with Crippen LogP contribution in [0.4, 0.5) is 4.79 Å². The van der Waals surface area contributed by atoms with Gasteiger partial charge in [-0.15, -0.1) is 0 Å². The number of fused-ring (bicyclic) bond motifs is 2. The lowest BCUT2D eigenvalue weighted by molar-refractivity contribution is -0.118. The molecule has 1 amide bonds. The van der Waals surface area contributed by atoms with E-state index in [0.29, 0.717) is 18.4 Å². The molecule has 4 atom stereocenters. The SMILES string of the molecule is O=CC1CC2CCC1CC21COC(=O)N1. The highest BCUT2D eigenvalue weighted by Crippen LogP contribution is 2.50. The van der Waals surface area contributed by atoms with E-state index < -0.39 is 0 Å². The Bertz CT molecular complexity index is 317. The number of carbonyl (C=O) groups is 2. The van der Waals surface area contributed by atoms with E-state index in [1.807, 2.05) is 0 Å². The molecule has 4 nitrogen and oxygen atoms in total. The molecule has 0 radical (unpaired) electrons. The molecule has 1 heterocycles. The molecule has 0 aromatic rings. The summed E-state index contributed by atoms with van der Waals surface area (Å²) in [6.45, 7) is 0.499. The first-order chi connectivity index (χ1) is 7.23. The van der Waals surface area contributed by atoms with Crippen LogP contribution in [0, 0.1) is 17.8 Å². The van der Waals surface area contributed by atoms with Gasteiger partial charge in [0, 0.05) is 5.92 Å². The molecule has 4 heteroatoms. The van der Waals surface area contributed by atoms with E-state index in [0.717, 1.165) is 32.0 Å². The Kier molecular flexibility index (Phi) is 1.82. The van der Waals surface area contributed by atoms with Crippen molar-refractivity contribution in [2.24, 2.45) is 17.8 Å². The molecule has 4 fully saturated rings. The number of nitrogens with one attached hydrogen (secondary N) is 1. The molecule has 0 aromatic heterocycles. The Morgan fingerprint density at radius 1 is 1.47 bits per heavy atom. The standard InChI is InChI=1S/C11H15NO3/c13-5-8-3-9-2-1-7(8)4-11(9)6-15-10(14)12-11/h5,7-9H,1-4,6H2,(H,12,14). The Balaban J connectivity index is 1.85. The maximum Gasteiger partial charge on any atom is 0.407 e. The fourth-order valence-electron chi connectivity index (χ4n) is 3.62. The Labute approximate surface area is 88.4 Å². The number of ether oxygens (including phenoxy) is 1. The molecular formula is C11H15NO3. The summed E-state index contributed by atoms with van der Waals surface area (Å²) in [4.78, 5) is 22.0. The van der Waals surface area contributed by atoms with Crippen molar-refractivity contribution in [2.45, 2.75) is 31.2 Å². The van der Waals surface area contributed by atoms with Gasteiger partial charge in [0.1, 0.15) is 12.9 Å². The second-order valence-corrected chi connectivity index (χ2v) is 5.13. The van der Waals surface area contributed by atoms with Crippen LogP contribution in [-0.2, 0) is 9.53 Å². The molecule has 0 aromatic carbocycles. The number of alkyl carbamates (subject to hydrolysis) is 1. The fourth-order valence-corrected chi connectivity index (χ4v) is 3.62. The van der Waals surface area contributed by atoms with Crippen molar-refractivity contribution >= 4 is 12.4 Å². The van der Waals surface area contributed by atoms with Crippen LogP contribution in [0.3, 0.4) is 0 Å². The van der Waals surface area contributed by atoms with Gasteiger partial charge in [-0.2, -0.15) is 0 Å². The van der Waals surface area contributed by atoms with E-state index in [1.165, 1.54) is 0 Å². The van der Waals surface area contributed by atoms with Gasteiger partial charge in [-0.05, 0) is 37.5 Å². The zero-order chi connectivity index (χ0) is 10.5. The Hall–Kier alpha value is -1.06. The number of hydrogen-bond acceptors (Lipinski definition) is 3. The highest BCUT2D eigenvalue weighted by Gasteiger charge is 2.55. The van der Waals surface area contributed by atoms with Crippen LogP contribution in [0.15, 0.2) is 0 Å². The number of carbonyl (C=O) groups excluding carboxylic acids is 2. The largest absolute Gasteiger partial charge is 0.447 e. The third-order valence-electron chi connectivity index (χ3n) is 4.44. The van der Waals surface area contributed by atoms with Crippen molar-refractivity contribution < 1.29 is 14.3 Å². The highest BCUT2D eigenvalue weighted by molar-refractivity contribution is 5.71. The average Bonchev–Trinajstić information content (AvgIpc) is 2.61. The van der Waals surface area contributed by atoms with Gasteiger partial charge < -0.3 is 14.8 Å². The van der Waals surface area contributed by atoms with Crippen LogP contribution in [0.1, 0.15) is 25.7 Å². The first kappa shape index (κ1) is 9.19. The summed E-state index contributed by atoms with van der Waals surface area (Å²) in [5.74, 6) is 1.10. The monoisotopic (exact) mass is 209 g/mol. The predicted octanol–water partition coefficient (Wildman–Crippen LogP) is 1.10. The van der Waals surface area contributed by atoms with Crippen LogP contribution in [0.25, 0.3) is 0 Å².